The monoisotopic (exact) mass is 578 g/mol. The van der Waals surface area contributed by atoms with E-state index in [-0.39, 0.29) is 17.9 Å². The molecule has 2 fully saturated rings. The van der Waals surface area contributed by atoms with Crippen LogP contribution in [0.2, 0.25) is 5.02 Å². The minimum atomic E-state index is -3.23. The maximum absolute atomic E-state index is 12.3. The zero-order chi connectivity index (χ0) is 28.3. The van der Waals surface area contributed by atoms with E-state index in [0.29, 0.717) is 47.1 Å². The average Bonchev–Trinajstić information content (AvgIpc) is 2.87. The molecule has 0 saturated carbocycles. The van der Waals surface area contributed by atoms with Crippen molar-refractivity contribution in [3.63, 3.8) is 0 Å². The summed E-state index contributed by atoms with van der Waals surface area (Å²) < 4.78 is 30.4. The van der Waals surface area contributed by atoms with E-state index in [0.717, 1.165) is 31.6 Å². The summed E-state index contributed by atoms with van der Waals surface area (Å²) in [7, 11) is 2.53. The van der Waals surface area contributed by atoms with Gasteiger partial charge in [0, 0.05) is 38.3 Å². The van der Waals surface area contributed by atoms with Crippen LogP contribution in [0.15, 0.2) is 31.0 Å². The lowest BCUT2D eigenvalue weighted by atomic mass is 10.0. The van der Waals surface area contributed by atoms with Crippen molar-refractivity contribution >= 4 is 56.4 Å². The van der Waals surface area contributed by atoms with E-state index in [1.54, 1.807) is 13.2 Å². The molecule has 2 aliphatic heterocycles. The van der Waals surface area contributed by atoms with Crippen molar-refractivity contribution in [2.45, 2.75) is 24.9 Å². The summed E-state index contributed by atoms with van der Waals surface area (Å²) in [4.78, 5) is 25.5. The van der Waals surface area contributed by atoms with E-state index < -0.39 is 10.0 Å². The quantitative estimate of drug-likeness (QED) is 0.361. The number of methoxy groups -OCH3 is 1. The molecule has 2 aliphatic rings. The number of hydrogen-bond acceptors (Lipinski definition) is 10. The highest BCUT2D eigenvalue weighted by Gasteiger charge is 2.33. The van der Waals surface area contributed by atoms with Crippen LogP contribution in [0.1, 0.15) is 12.8 Å². The maximum atomic E-state index is 12.3. The van der Waals surface area contributed by atoms with Gasteiger partial charge in [0.15, 0.2) is 5.82 Å². The lowest BCUT2D eigenvalue weighted by Crippen LogP contribution is -2.56. The second-order valence-corrected chi connectivity index (χ2v) is 12.3. The van der Waals surface area contributed by atoms with Crippen molar-refractivity contribution in [1.82, 2.24) is 19.2 Å². The number of nitrogens with zero attached hydrogens (tertiary/aromatic N) is 5. The summed E-state index contributed by atoms with van der Waals surface area (Å²) >= 11 is 6.31. The fourth-order valence-corrected chi connectivity index (χ4v) is 5.69. The molecule has 0 unspecified atom stereocenters. The van der Waals surface area contributed by atoms with E-state index in [2.05, 4.69) is 56.4 Å². The van der Waals surface area contributed by atoms with Crippen LogP contribution < -0.4 is 25.6 Å². The van der Waals surface area contributed by atoms with Crippen LogP contribution in [-0.2, 0) is 14.8 Å². The zero-order valence-electron chi connectivity index (χ0n) is 22.6. The van der Waals surface area contributed by atoms with Gasteiger partial charge in [0.2, 0.25) is 21.9 Å². The zero-order valence-corrected chi connectivity index (χ0v) is 24.1. The Morgan fingerprint density at radius 3 is 2.51 bits per heavy atom. The summed E-state index contributed by atoms with van der Waals surface area (Å²) in [5.74, 6) is 0.854. The molecule has 12 nitrogen and oxygen atoms in total. The normalized spacial score (nSPS) is 17.0. The molecule has 212 valence electrons. The third-order valence-corrected chi connectivity index (χ3v) is 8.46. The van der Waals surface area contributed by atoms with Crippen LogP contribution in [0.5, 0.6) is 5.75 Å². The maximum Gasteiger partial charge on any atom is 0.247 e. The Hall–Kier alpha value is -3.13. The standard InChI is InChI=1S/C25H35ClN8O4S/c1-6-23(35)29-19-11-20(22(38-4)12-21(19)33-9-7-17(8-10-33)32(2)3)30-25-27-13-18(26)24(31-25)28-16-14-34(15-16)39(5,36)37/h6,11-13,16-17H,1,7-10,14-15H2,2-5H3,(H,29,35)(H2,27,28,30,31). The van der Waals surface area contributed by atoms with Crippen LogP contribution in [0, 0.1) is 0 Å². The topological polar surface area (TPSA) is 132 Å². The summed E-state index contributed by atoms with van der Waals surface area (Å²) in [6.45, 7) is 5.91. The van der Waals surface area contributed by atoms with Gasteiger partial charge in [0.1, 0.15) is 10.8 Å². The number of benzene rings is 1. The lowest BCUT2D eigenvalue weighted by Gasteiger charge is -2.37. The number of anilines is 5. The smallest absolute Gasteiger partial charge is 0.247 e. The third-order valence-electron chi connectivity index (χ3n) is 6.95. The fourth-order valence-electron chi connectivity index (χ4n) is 4.65. The molecule has 3 N–H and O–H groups in total. The number of sulfonamides is 1. The molecule has 0 atom stereocenters. The number of carbonyl (C=O) groups excluding carboxylic acids is 1. The first kappa shape index (κ1) is 28.9. The molecule has 1 aromatic heterocycles. The highest BCUT2D eigenvalue weighted by molar-refractivity contribution is 7.88. The van der Waals surface area contributed by atoms with E-state index in [9.17, 15) is 13.2 Å². The van der Waals surface area contributed by atoms with Gasteiger partial charge in [-0.05, 0) is 39.1 Å². The first-order valence-corrected chi connectivity index (χ1v) is 14.8. The van der Waals surface area contributed by atoms with Crippen LogP contribution in [0.3, 0.4) is 0 Å². The molecular weight excluding hydrogens is 544 g/mol. The number of piperidine rings is 1. The SMILES string of the molecule is C=CC(=O)Nc1cc(Nc2ncc(Cl)c(NC3CN(S(C)(=O)=O)C3)n2)c(OC)cc1N1CCC(N(C)C)CC1. The number of carbonyl (C=O) groups is 1. The van der Waals surface area contributed by atoms with Gasteiger partial charge in [-0.15, -0.1) is 0 Å². The molecule has 0 spiro atoms. The van der Waals surface area contributed by atoms with Crippen LogP contribution in [-0.4, -0.2) is 99.2 Å². The second-order valence-electron chi connectivity index (χ2n) is 9.88. The predicted molar refractivity (Wildman–Crippen MR) is 155 cm³/mol. The molecule has 0 aliphatic carbocycles. The molecule has 1 aromatic carbocycles. The summed E-state index contributed by atoms with van der Waals surface area (Å²) in [5, 5.41) is 9.56. The van der Waals surface area contributed by atoms with Gasteiger partial charge >= 0.3 is 0 Å². The molecular formula is C25H35ClN8O4S. The third kappa shape index (κ3) is 6.90. The largest absolute Gasteiger partial charge is 0.494 e. The number of aromatic nitrogens is 2. The number of amides is 1. The molecule has 39 heavy (non-hydrogen) atoms. The van der Waals surface area contributed by atoms with E-state index >= 15 is 0 Å². The molecule has 0 radical (unpaired) electrons. The Labute approximate surface area is 234 Å². The van der Waals surface area contributed by atoms with Gasteiger partial charge in [0.05, 0.1) is 42.7 Å². The first-order chi connectivity index (χ1) is 18.5. The number of nitrogens with one attached hydrogen (secondary N) is 3. The number of rotatable bonds is 10. The summed E-state index contributed by atoms with van der Waals surface area (Å²) in [6, 6.07) is 4.06. The Morgan fingerprint density at radius 1 is 1.23 bits per heavy atom. The fraction of sp³-hybridized carbons (Fsp3) is 0.480. The Balaban J connectivity index is 1.57. The van der Waals surface area contributed by atoms with Crippen molar-refractivity contribution in [1.29, 1.82) is 0 Å². The van der Waals surface area contributed by atoms with Crippen LogP contribution in [0.25, 0.3) is 0 Å². The number of halogens is 1. The van der Waals surface area contributed by atoms with Crippen LogP contribution in [0.4, 0.5) is 28.8 Å². The summed E-state index contributed by atoms with van der Waals surface area (Å²) in [6.07, 6.45) is 5.87. The predicted octanol–water partition coefficient (Wildman–Crippen LogP) is 2.59. The van der Waals surface area contributed by atoms with E-state index in [1.807, 2.05) is 6.07 Å². The highest BCUT2D eigenvalue weighted by Crippen LogP contribution is 2.39. The molecule has 2 saturated heterocycles. The average molecular weight is 579 g/mol. The molecule has 4 rings (SSSR count). The van der Waals surface area contributed by atoms with E-state index in [1.165, 1.54) is 22.8 Å². The second kappa shape index (κ2) is 11.9. The summed E-state index contributed by atoms with van der Waals surface area (Å²) in [5.41, 5.74) is 2.00. The molecule has 0 bridgehead atoms. The first-order valence-electron chi connectivity index (χ1n) is 12.6. The number of hydrogen-bond donors (Lipinski definition) is 3. The minimum absolute atomic E-state index is 0.119. The molecule has 14 heteroatoms. The van der Waals surface area contributed by atoms with Gasteiger partial charge in [-0.2, -0.15) is 9.29 Å². The Kier molecular flexibility index (Phi) is 8.84. The molecule has 1 amide bonds. The Bertz CT molecular complexity index is 1330. The molecule has 2 aromatic rings. The van der Waals surface area contributed by atoms with Crippen molar-refractivity contribution < 1.29 is 17.9 Å². The number of ether oxygens (including phenoxy) is 1. The van der Waals surface area contributed by atoms with Crippen LogP contribution >= 0.6 is 11.6 Å². The van der Waals surface area contributed by atoms with Gasteiger partial charge in [-0.25, -0.2) is 13.4 Å². The van der Waals surface area contributed by atoms with Crippen molar-refractivity contribution in [3.05, 3.63) is 36.0 Å². The highest BCUT2D eigenvalue weighted by atomic mass is 35.5. The van der Waals surface area contributed by atoms with E-state index in [4.69, 9.17) is 16.3 Å². The van der Waals surface area contributed by atoms with Gasteiger partial charge in [-0.1, -0.05) is 18.2 Å². The molecule has 3 heterocycles. The van der Waals surface area contributed by atoms with Crippen molar-refractivity contribution in [3.8, 4) is 5.75 Å². The van der Waals surface area contributed by atoms with Gasteiger partial charge in [-0.3, -0.25) is 4.79 Å². The lowest BCUT2D eigenvalue weighted by molar-refractivity contribution is -0.111. The van der Waals surface area contributed by atoms with Gasteiger partial charge < -0.3 is 30.5 Å². The van der Waals surface area contributed by atoms with Crippen molar-refractivity contribution in [2.75, 3.05) is 74.5 Å². The minimum Gasteiger partial charge on any atom is -0.494 e. The van der Waals surface area contributed by atoms with Gasteiger partial charge in [0.25, 0.3) is 0 Å². The van der Waals surface area contributed by atoms with Crippen molar-refractivity contribution in [2.24, 2.45) is 0 Å². The Morgan fingerprint density at radius 2 is 1.92 bits per heavy atom.